The first-order chi connectivity index (χ1) is 27.3. The van der Waals surface area contributed by atoms with E-state index in [0.29, 0.717) is 35.5 Å². The van der Waals surface area contributed by atoms with Gasteiger partial charge in [-0.2, -0.15) is 0 Å². The number of thioether (sulfide) groups is 2. The molecule has 6 rings (SSSR count). The smallest absolute Gasteiger partial charge is 0.234 e. The summed E-state index contributed by atoms with van der Waals surface area (Å²) in [6, 6.07) is 30.2. The fourth-order valence-electron chi connectivity index (χ4n) is 7.64. The molecule has 2 saturated heterocycles. The van der Waals surface area contributed by atoms with E-state index in [2.05, 4.69) is 48.1 Å². The molecular weight excluding hydrogens is 809 g/mol. The van der Waals surface area contributed by atoms with Crippen LogP contribution in [0.3, 0.4) is 0 Å². The summed E-state index contributed by atoms with van der Waals surface area (Å²) < 4.78 is 28.7. The van der Waals surface area contributed by atoms with Crippen LogP contribution in [0.2, 0.25) is 0 Å². The molecule has 0 aliphatic carbocycles. The molecule has 2 aliphatic heterocycles. The second-order valence-electron chi connectivity index (χ2n) is 15.0. The number of hydrogen-bond acceptors (Lipinski definition) is 8. The molecule has 2 fully saturated rings. The van der Waals surface area contributed by atoms with Crippen LogP contribution in [0.15, 0.2) is 107 Å². The van der Waals surface area contributed by atoms with Crippen molar-refractivity contribution in [3.63, 3.8) is 0 Å². The van der Waals surface area contributed by atoms with Crippen LogP contribution < -0.4 is 10.6 Å². The molecule has 2 N–H and O–H groups in total. The fourth-order valence-corrected chi connectivity index (χ4v) is 11.6. The van der Waals surface area contributed by atoms with Crippen LogP contribution in [0.1, 0.15) is 66.2 Å². The zero-order valence-electron chi connectivity index (χ0n) is 32.8. The molecule has 2 heterocycles. The van der Waals surface area contributed by atoms with Gasteiger partial charge in [0, 0.05) is 35.5 Å². The highest BCUT2D eigenvalue weighted by Crippen LogP contribution is 2.31. The third kappa shape index (κ3) is 10.9. The van der Waals surface area contributed by atoms with Gasteiger partial charge in [-0.3, -0.25) is 9.59 Å². The molecule has 4 aromatic carbocycles. The maximum atomic E-state index is 13.6. The van der Waals surface area contributed by atoms with Crippen LogP contribution >= 0.6 is 48.0 Å². The number of sulfone groups is 1. The lowest BCUT2D eigenvalue weighted by atomic mass is 9.99. The number of benzene rings is 4. The monoisotopic (exact) mass is 858 g/mol. The lowest BCUT2D eigenvalue weighted by Crippen LogP contribution is -2.45. The Morgan fingerprint density at radius 2 is 0.825 bits per heavy atom. The standard InChI is InChI=1S/C44H50N4O4S5/c1-29-7-5-8-30(2)47(29)43(53)55-27-41(49)45-37-19-11-33(12-20-37)35-15-23-39(24-16-35)57(51,52)40-25-17-36(18-26-40)34-13-21-38(22-14-34)46-42(50)28-56-44(54)48-31(3)9-6-10-32(48)4/h11-26,29-32H,5-10,27-28H2,1-4H3,(H,45,49)(H,46,50)/t29-,30-,31-,32+/m0/s1. The van der Waals surface area contributed by atoms with E-state index in [1.165, 1.54) is 36.4 Å². The first kappa shape index (κ1) is 42.8. The summed E-state index contributed by atoms with van der Waals surface area (Å²) in [5, 5.41) is 5.90. The molecule has 57 heavy (non-hydrogen) atoms. The molecular formula is C44H50N4O4S5. The predicted octanol–water partition coefficient (Wildman–Crippen LogP) is 10.3. The van der Waals surface area contributed by atoms with Crippen molar-refractivity contribution in [2.45, 2.75) is 100 Å². The Hall–Kier alpha value is -3.75. The second kappa shape index (κ2) is 19.3. The molecule has 4 aromatic rings. The van der Waals surface area contributed by atoms with Crippen LogP contribution in [0.4, 0.5) is 11.4 Å². The summed E-state index contributed by atoms with van der Waals surface area (Å²) in [5.41, 5.74) is 4.88. The Balaban J connectivity index is 0.989. The normalized spacial score (nSPS) is 19.8. The summed E-state index contributed by atoms with van der Waals surface area (Å²) in [4.78, 5) is 30.3. The highest BCUT2D eigenvalue weighted by Gasteiger charge is 2.28. The number of hydrogen-bond donors (Lipinski definition) is 2. The number of carbonyl (C=O) groups is 2. The first-order valence-electron chi connectivity index (χ1n) is 19.5. The average Bonchev–Trinajstić information content (AvgIpc) is 3.20. The molecule has 2 amide bonds. The van der Waals surface area contributed by atoms with Crippen LogP contribution in [0.25, 0.3) is 22.3 Å². The summed E-state index contributed by atoms with van der Waals surface area (Å²) in [7, 11) is -3.75. The number of likely N-dealkylation sites (tertiary alicyclic amines) is 2. The molecule has 0 bridgehead atoms. The first-order valence-corrected chi connectivity index (χ1v) is 23.7. The summed E-state index contributed by atoms with van der Waals surface area (Å²) in [6.45, 7) is 8.77. The Morgan fingerprint density at radius 1 is 0.544 bits per heavy atom. The Labute approximate surface area is 356 Å². The summed E-state index contributed by atoms with van der Waals surface area (Å²) >= 11 is 14.1. The van der Waals surface area contributed by atoms with Gasteiger partial charge >= 0.3 is 0 Å². The molecule has 8 nitrogen and oxygen atoms in total. The second-order valence-corrected chi connectivity index (χ2v) is 20.2. The number of thiocarbonyl (C=S) groups is 2. The van der Waals surface area contributed by atoms with Crippen molar-refractivity contribution in [3.8, 4) is 22.3 Å². The van der Waals surface area contributed by atoms with Crippen molar-refractivity contribution >= 4 is 89.6 Å². The van der Waals surface area contributed by atoms with Gasteiger partial charge < -0.3 is 20.4 Å². The zero-order valence-corrected chi connectivity index (χ0v) is 36.9. The van der Waals surface area contributed by atoms with Crippen molar-refractivity contribution < 1.29 is 18.0 Å². The maximum absolute atomic E-state index is 13.6. The van der Waals surface area contributed by atoms with Crippen LogP contribution in [-0.2, 0) is 19.4 Å². The van der Waals surface area contributed by atoms with E-state index < -0.39 is 9.84 Å². The summed E-state index contributed by atoms with van der Waals surface area (Å²) in [6.07, 6.45) is 6.89. The van der Waals surface area contributed by atoms with Gasteiger partial charge in [0.2, 0.25) is 21.7 Å². The van der Waals surface area contributed by atoms with Gasteiger partial charge in [-0.05, 0) is 137 Å². The van der Waals surface area contributed by atoms with Crippen LogP contribution in [0.5, 0.6) is 0 Å². The van der Waals surface area contributed by atoms with Gasteiger partial charge in [-0.15, -0.1) is 0 Å². The van der Waals surface area contributed by atoms with Crippen molar-refractivity contribution in [1.82, 2.24) is 9.80 Å². The molecule has 0 saturated carbocycles. The number of anilines is 2. The van der Waals surface area contributed by atoms with E-state index >= 15 is 0 Å². The van der Waals surface area contributed by atoms with E-state index in [9.17, 15) is 18.0 Å². The molecule has 0 unspecified atom stereocenters. The van der Waals surface area contributed by atoms with Gasteiger partial charge in [-0.25, -0.2) is 8.42 Å². The number of amides is 2. The Morgan fingerprint density at radius 3 is 1.12 bits per heavy atom. The zero-order chi connectivity index (χ0) is 40.7. The number of nitrogens with zero attached hydrogens (tertiary/aromatic N) is 2. The third-order valence-corrected chi connectivity index (χ3v) is 15.4. The fraction of sp³-hybridized carbons (Fsp3) is 0.364. The molecule has 0 radical (unpaired) electrons. The van der Waals surface area contributed by atoms with Gasteiger partial charge in [0.15, 0.2) is 0 Å². The van der Waals surface area contributed by atoms with Crippen molar-refractivity contribution in [2.75, 3.05) is 22.1 Å². The molecule has 2 aliphatic rings. The van der Waals surface area contributed by atoms with Crippen molar-refractivity contribution in [2.24, 2.45) is 0 Å². The van der Waals surface area contributed by atoms with Crippen molar-refractivity contribution in [1.29, 1.82) is 0 Å². The van der Waals surface area contributed by atoms with Crippen LogP contribution in [-0.4, -0.2) is 74.3 Å². The van der Waals surface area contributed by atoms with Crippen molar-refractivity contribution in [3.05, 3.63) is 97.1 Å². The highest BCUT2D eigenvalue weighted by molar-refractivity contribution is 8.23. The van der Waals surface area contributed by atoms with E-state index in [-0.39, 0.29) is 33.1 Å². The summed E-state index contributed by atoms with van der Waals surface area (Å²) in [5.74, 6) is 0.268. The minimum atomic E-state index is -3.75. The molecule has 0 spiro atoms. The van der Waals surface area contributed by atoms with E-state index in [1.54, 1.807) is 48.5 Å². The van der Waals surface area contributed by atoms with Gasteiger partial charge in [0.25, 0.3) is 0 Å². The van der Waals surface area contributed by atoms with Crippen LogP contribution in [0, 0.1) is 0 Å². The van der Waals surface area contributed by atoms with E-state index in [0.717, 1.165) is 56.6 Å². The van der Waals surface area contributed by atoms with Gasteiger partial charge in [0.05, 0.1) is 21.3 Å². The molecule has 4 atom stereocenters. The molecule has 300 valence electrons. The van der Waals surface area contributed by atoms with E-state index in [1.807, 2.05) is 48.5 Å². The minimum Gasteiger partial charge on any atom is -0.352 e. The van der Waals surface area contributed by atoms with Gasteiger partial charge in [-0.1, -0.05) is 96.5 Å². The Kier molecular flexibility index (Phi) is 14.5. The topological polar surface area (TPSA) is 98.8 Å². The predicted molar refractivity (Wildman–Crippen MR) is 246 cm³/mol. The lowest BCUT2D eigenvalue weighted by molar-refractivity contribution is -0.114. The number of piperidine rings is 2. The molecule has 0 aromatic heterocycles. The van der Waals surface area contributed by atoms with Gasteiger partial charge in [0.1, 0.15) is 8.64 Å². The number of nitrogens with one attached hydrogen (secondary N) is 2. The largest absolute Gasteiger partial charge is 0.352 e. The van der Waals surface area contributed by atoms with E-state index in [4.69, 9.17) is 24.4 Å². The average molecular weight is 859 g/mol. The minimum absolute atomic E-state index is 0.113. The molecule has 13 heteroatoms. The maximum Gasteiger partial charge on any atom is 0.234 e. The third-order valence-electron chi connectivity index (χ3n) is 10.8. The number of rotatable bonds is 10. The number of carbonyl (C=O) groups excluding carboxylic acids is 2. The quantitative estimate of drug-likeness (QED) is 0.150. The Bertz CT molecular complexity index is 1990. The SMILES string of the molecule is C[C@@H]1CCC[C@H](C)N1C(=S)SCC(=O)Nc1ccc(-c2ccc(S(=O)(=O)c3ccc(-c4ccc(NC(=O)CSC(=S)N5[C@@H](C)CCC[C@@H]5C)cc4)cc3)cc2)cc1. The lowest BCUT2D eigenvalue weighted by Gasteiger charge is -2.40. The highest BCUT2D eigenvalue weighted by atomic mass is 32.2.